The van der Waals surface area contributed by atoms with Gasteiger partial charge in [-0.3, -0.25) is 4.79 Å². The first kappa shape index (κ1) is 12.2. The van der Waals surface area contributed by atoms with Crippen molar-refractivity contribution >= 4 is 21.8 Å². The van der Waals surface area contributed by atoms with Crippen LogP contribution in [-0.4, -0.2) is 23.0 Å². The molecule has 1 unspecified atom stereocenters. The Morgan fingerprint density at radius 2 is 1.89 bits per heavy atom. The van der Waals surface area contributed by atoms with E-state index in [2.05, 4.69) is 15.9 Å². The molecule has 1 N–H and O–H groups in total. The van der Waals surface area contributed by atoms with Crippen LogP contribution in [0.25, 0.3) is 0 Å². The Morgan fingerprint density at radius 3 is 2.68 bits per heavy atom. The molecular formula is C15H12BrNO2. The number of rotatable bonds is 1. The van der Waals surface area contributed by atoms with E-state index < -0.39 is 0 Å². The van der Waals surface area contributed by atoms with E-state index in [9.17, 15) is 9.90 Å². The van der Waals surface area contributed by atoms with Crippen molar-refractivity contribution in [2.45, 2.75) is 6.04 Å². The van der Waals surface area contributed by atoms with Crippen LogP contribution < -0.4 is 0 Å². The first-order chi connectivity index (χ1) is 9.09. The molecule has 0 spiro atoms. The predicted octanol–water partition coefficient (Wildman–Crippen LogP) is 3.33. The maximum Gasteiger partial charge on any atom is 0.254 e. The fraction of sp³-hybridized carbons (Fsp3) is 0.133. The van der Waals surface area contributed by atoms with Crippen molar-refractivity contribution in [3.63, 3.8) is 0 Å². The van der Waals surface area contributed by atoms with E-state index in [4.69, 9.17) is 0 Å². The zero-order valence-corrected chi connectivity index (χ0v) is 11.9. The summed E-state index contributed by atoms with van der Waals surface area (Å²) in [5.41, 5.74) is 2.37. The van der Waals surface area contributed by atoms with Crippen molar-refractivity contribution in [1.82, 2.24) is 4.90 Å². The molecule has 0 bridgehead atoms. The van der Waals surface area contributed by atoms with Gasteiger partial charge in [-0.25, -0.2) is 0 Å². The number of benzene rings is 2. The second-order valence-corrected chi connectivity index (χ2v) is 5.52. The summed E-state index contributed by atoms with van der Waals surface area (Å²) >= 11 is 3.40. The van der Waals surface area contributed by atoms with Gasteiger partial charge in [0.1, 0.15) is 5.75 Å². The smallest absolute Gasteiger partial charge is 0.254 e. The van der Waals surface area contributed by atoms with Gasteiger partial charge in [-0.2, -0.15) is 0 Å². The van der Waals surface area contributed by atoms with Crippen LogP contribution in [0.1, 0.15) is 27.5 Å². The van der Waals surface area contributed by atoms with Gasteiger partial charge in [0.15, 0.2) is 0 Å². The van der Waals surface area contributed by atoms with E-state index in [1.54, 1.807) is 24.1 Å². The molecule has 0 saturated heterocycles. The highest BCUT2D eigenvalue weighted by Crippen LogP contribution is 2.41. The van der Waals surface area contributed by atoms with Crippen molar-refractivity contribution in [2.75, 3.05) is 7.05 Å². The molecule has 0 radical (unpaired) electrons. The van der Waals surface area contributed by atoms with E-state index in [0.717, 1.165) is 15.6 Å². The Hall–Kier alpha value is -1.81. The van der Waals surface area contributed by atoms with E-state index in [0.29, 0.717) is 5.56 Å². The van der Waals surface area contributed by atoms with Gasteiger partial charge >= 0.3 is 0 Å². The first-order valence-corrected chi connectivity index (χ1v) is 6.73. The third kappa shape index (κ3) is 1.83. The number of amides is 1. The summed E-state index contributed by atoms with van der Waals surface area (Å²) in [6.45, 7) is 0. The normalized spacial score (nSPS) is 17.7. The highest BCUT2D eigenvalue weighted by atomic mass is 79.9. The third-order valence-electron chi connectivity index (χ3n) is 3.48. The molecule has 1 atom stereocenters. The minimum atomic E-state index is -0.235. The summed E-state index contributed by atoms with van der Waals surface area (Å²) in [6.07, 6.45) is 0. The minimum Gasteiger partial charge on any atom is -0.508 e. The second kappa shape index (κ2) is 4.38. The van der Waals surface area contributed by atoms with Crippen LogP contribution in [0.2, 0.25) is 0 Å². The monoisotopic (exact) mass is 317 g/mol. The SMILES string of the molecule is CN1C(=O)c2ccccc2C1c1cc(Br)ccc1O. The molecule has 1 amide bonds. The van der Waals surface area contributed by atoms with Crippen molar-refractivity contribution in [3.05, 3.63) is 63.6 Å². The van der Waals surface area contributed by atoms with Crippen LogP contribution in [-0.2, 0) is 0 Å². The van der Waals surface area contributed by atoms with Gasteiger partial charge in [0.2, 0.25) is 0 Å². The van der Waals surface area contributed by atoms with Gasteiger partial charge in [-0.1, -0.05) is 34.1 Å². The quantitative estimate of drug-likeness (QED) is 0.876. The van der Waals surface area contributed by atoms with Gasteiger partial charge in [0.05, 0.1) is 6.04 Å². The van der Waals surface area contributed by atoms with Crippen molar-refractivity contribution in [1.29, 1.82) is 0 Å². The third-order valence-corrected chi connectivity index (χ3v) is 3.97. The summed E-state index contributed by atoms with van der Waals surface area (Å²) in [5, 5.41) is 10.1. The lowest BCUT2D eigenvalue weighted by Crippen LogP contribution is -2.23. The van der Waals surface area contributed by atoms with E-state index >= 15 is 0 Å². The van der Waals surface area contributed by atoms with Crippen LogP contribution in [0.15, 0.2) is 46.9 Å². The zero-order valence-electron chi connectivity index (χ0n) is 10.3. The summed E-state index contributed by atoms with van der Waals surface area (Å²) < 4.78 is 0.880. The maximum atomic E-state index is 12.2. The summed E-state index contributed by atoms with van der Waals surface area (Å²) in [7, 11) is 1.76. The molecule has 1 aliphatic heterocycles. The van der Waals surface area contributed by atoms with Crippen molar-refractivity contribution < 1.29 is 9.90 Å². The van der Waals surface area contributed by atoms with Crippen LogP contribution in [0.4, 0.5) is 0 Å². The van der Waals surface area contributed by atoms with Gasteiger partial charge in [0.25, 0.3) is 5.91 Å². The molecule has 19 heavy (non-hydrogen) atoms. The summed E-state index contributed by atoms with van der Waals surface area (Å²) in [5.74, 6) is 0.185. The number of phenolic OH excluding ortho intramolecular Hbond substituents is 1. The predicted molar refractivity (Wildman–Crippen MR) is 76.2 cm³/mol. The Bertz CT molecular complexity index is 669. The van der Waals surface area contributed by atoms with Gasteiger partial charge in [-0.15, -0.1) is 0 Å². The number of phenols is 1. The Morgan fingerprint density at radius 1 is 1.16 bits per heavy atom. The number of nitrogens with zero attached hydrogens (tertiary/aromatic N) is 1. The standard InChI is InChI=1S/C15H12BrNO2/c1-17-14(12-8-9(16)6-7-13(12)18)10-4-2-3-5-11(10)15(17)19/h2-8,14,18H,1H3. The maximum absolute atomic E-state index is 12.2. The second-order valence-electron chi connectivity index (χ2n) is 4.61. The number of carbonyl (C=O) groups excluding carboxylic acids is 1. The Kier molecular flexibility index (Phi) is 2.82. The van der Waals surface area contributed by atoms with Crippen molar-refractivity contribution in [3.8, 4) is 5.75 Å². The molecule has 0 saturated carbocycles. The van der Waals surface area contributed by atoms with E-state index in [-0.39, 0.29) is 17.7 Å². The molecule has 3 rings (SSSR count). The topological polar surface area (TPSA) is 40.5 Å². The van der Waals surface area contributed by atoms with Gasteiger partial charge < -0.3 is 10.0 Å². The van der Waals surface area contributed by atoms with Crippen molar-refractivity contribution in [2.24, 2.45) is 0 Å². The first-order valence-electron chi connectivity index (χ1n) is 5.94. The lowest BCUT2D eigenvalue weighted by atomic mass is 9.97. The van der Waals surface area contributed by atoms with Crippen LogP contribution in [0.3, 0.4) is 0 Å². The number of fused-ring (bicyclic) bond motifs is 1. The number of aromatic hydroxyl groups is 1. The lowest BCUT2D eigenvalue weighted by Gasteiger charge is -2.22. The molecule has 2 aromatic rings. The highest BCUT2D eigenvalue weighted by Gasteiger charge is 2.36. The molecular weight excluding hydrogens is 306 g/mol. The molecule has 0 fully saturated rings. The Labute approximate surface area is 119 Å². The van der Waals surface area contributed by atoms with E-state index in [1.807, 2.05) is 30.3 Å². The number of hydrogen-bond donors (Lipinski definition) is 1. The largest absolute Gasteiger partial charge is 0.508 e. The number of carbonyl (C=O) groups is 1. The fourth-order valence-corrected chi connectivity index (χ4v) is 2.95. The Balaban J connectivity index is 2.20. The van der Waals surface area contributed by atoms with Gasteiger partial charge in [0, 0.05) is 22.6 Å². The van der Waals surface area contributed by atoms with Crippen LogP contribution >= 0.6 is 15.9 Å². The molecule has 0 aliphatic carbocycles. The lowest BCUT2D eigenvalue weighted by molar-refractivity contribution is 0.0792. The van der Waals surface area contributed by atoms with Gasteiger partial charge in [-0.05, 0) is 29.8 Å². The number of halogens is 1. The van der Waals surface area contributed by atoms with Crippen LogP contribution in [0.5, 0.6) is 5.75 Å². The zero-order chi connectivity index (χ0) is 13.6. The molecule has 3 nitrogen and oxygen atoms in total. The summed E-state index contributed by atoms with van der Waals surface area (Å²) in [6, 6.07) is 12.6. The molecule has 96 valence electrons. The molecule has 0 aromatic heterocycles. The van der Waals surface area contributed by atoms with E-state index in [1.165, 1.54) is 0 Å². The minimum absolute atomic E-state index is 0.0139. The highest BCUT2D eigenvalue weighted by molar-refractivity contribution is 9.10. The summed E-state index contributed by atoms with van der Waals surface area (Å²) in [4.78, 5) is 13.9. The average molecular weight is 318 g/mol. The van der Waals surface area contributed by atoms with Crippen LogP contribution in [0, 0.1) is 0 Å². The average Bonchev–Trinajstić information content (AvgIpc) is 2.66. The molecule has 4 heteroatoms. The molecule has 2 aromatic carbocycles. The fourth-order valence-electron chi connectivity index (χ4n) is 2.57. The number of hydrogen-bond acceptors (Lipinski definition) is 2. The molecule has 1 heterocycles. The molecule has 1 aliphatic rings.